The maximum absolute atomic E-state index is 12.2. The SMILES string of the molecule is CCOC(CC)C(=O)CC1OCCc2ccccc21. The zero-order valence-corrected chi connectivity index (χ0v) is 11.7. The summed E-state index contributed by atoms with van der Waals surface area (Å²) in [6, 6.07) is 8.23. The number of hydrogen-bond donors (Lipinski definition) is 0. The van der Waals surface area contributed by atoms with Gasteiger partial charge in [0.25, 0.3) is 0 Å². The van der Waals surface area contributed by atoms with E-state index in [1.54, 1.807) is 0 Å². The second-order valence-corrected chi connectivity index (χ2v) is 4.83. The number of benzene rings is 1. The van der Waals surface area contributed by atoms with Crippen LogP contribution < -0.4 is 0 Å². The number of hydrogen-bond acceptors (Lipinski definition) is 3. The number of carbonyl (C=O) groups is 1. The van der Waals surface area contributed by atoms with E-state index in [2.05, 4.69) is 12.1 Å². The van der Waals surface area contributed by atoms with Gasteiger partial charge in [0.2, 0.25) is 0 Å². The third-order valence-electron chi connectivity index (χ3n) is 3.58. The van der Waals surface area contributed by atoms with Crippen LogP contribution in [0.3, 0.4) is 0 Å². The molecule has 0 amide bonds. The number of ether oxygens (including phenoxy) is 2. The molecule has 0 saturated heterocycles. The van der Waals surface area contributed by atoms with Crippen molar-refractivity contribution in [2.24, 2.45) is 0 Å². The van der Waals surface area contributed by atoms with Gasteiger partial charge >= 0.3 is 0 Å². The summed E-state index contributed by atoms with van der Waals surface area (Å²) in [5, 5.41) is 0. The lowest BCUT2D eigenvalue weighted by molar-refractivity contribution is -0.133. The largest absolute Gasteiger partial charge is 0.373 e. The van der Waals surface area contributed by atoms with E-state index in [0.29, 0.717) is 19.6 Å². The van der Waals surface area contributed by atoms with Gasteiger partial charge in [0, 0.05) is 13.0 Å². The summed E-state index contributed by atoms with van der Waals surface area (Å²) in [5.74, 6) is 0.144. The highest BCUT2D eigenvalue weighted by Gasteiger charge is 2.26. The normalized spacial score (nSPS) is 19.8. The van der Waals surface area contributed by atoms with Crippen molar-refractivity contribution in [2.45, 2.75) is 45.3 Å². The minimum Gasteiger partial charge on any atom is -0.373 e. The maximum atomic E-state index is 12.2. The number of fused-ring (bicyclic) bond motifs is 1. The van der Waals surface area contributed by atoms with Crippen LogP contribution in [0.1, 0.15) is 43.9 Å². The number of carbonyl (C=O) groups excluding carboxylic acids is 1. The molecule has 1 aliphatic rings. The first-order valence-electron chi connectivity index (χ1n) is 7.10. The molecule has 1 aliphatic heterocycles. The number of rotatable bonds is 6. The molecule has 0 fully saturated rings. The molecule has 0 N–H and O–H groups in total. The topological polar surface area (TPSA) is 35.5 Å². The molecule has 19 heavy (non-hydrogen) atoms. The molecule has 1 aromatic rings. The Bertz CT molecular complexity index is 428. The van der Waals surface area contributed by atoms with Gasteiger partial charge in [-0.2, -0.15) is 0 Å². The van der Waals surface area contributed by atoms with E-state index in [1.807, 2.05) is 26.0 Å². The third kappa shape index (κ3) is 3.43. The molecular formula is C16H22O3. The summed E-state index contributed by atoms with van der Waals surface area (Å²) in [6.45, 7) is 5.17. The summed E-state index contributed by atoms with van der Waals surface area (Å²) in [6.07, 6.45) is 1.68. The monoisotopic (exact) mass is 262 g/mol. The van der Waals surface area contributed by atoms with E-state index in [-0.39, 0.29) is 18.0 Å². The molecule has 104 valence electrons. The second-order valence-electron chi connectivity index (χ2n) is 4.83. The van der Waals surface area contributed by atoms with Crippen molar-refractivity contribution >= 4 is 5.78 Å². The van der Waals surface area contributed by atoms with Crippen molar-refractivity contribution in [3.05, 3.63) is 35.4 Å². The fourth-order valence-electron chi connectivity index (χ4n) is 2.60. The van der Waals surface area contributed by atoms with E-state index in [9.17, 15) is 4.79 Å². The van der Waals surface area contributed by atoms with Gasteiger partial charge in [-0.15, -0.1) is 0 Å². The molecule has 3 nitrogen and oxygen atoms in total. The summed E-state index contributed by atoms with van der Waals surface area (Å²) < 4.78 is 11.2. The van der Waals surface area contributed by atoms with Crippen LogP contribution in [0.2, 0.25) is 0 Å². The van der Waals surface area contributed by atoms with Crippen LogP contribution in [0.4, 0.5) is 0 Å². The van der Waals surface area contributed by atoms with Crippen molar-refractivity contribution in [1.29, 1.82) is 0 Å². The van der Waals surface area contributed by atoms with Crippen LogP contribution in [0.25, 0.3) is 0 Å². The minimum atomic E-state index is -0.289. The van der Waals surface area contributed by atoms with Crippen LogP contribution in [0, 0.1) is 0 Å². The molecule has 3 heteroatoms. The summed E-state index contributed by atoms with van der Waals surface area (Å²) in [5.41, 5.74) is 2.46. The molecule has 0 radical (unpaired) electrons. The Hall–Kier alpha value is -1.19. The Morgan fingerprint density at radius 1 is 1.42 bits per heavy atom. The summed E-state index contributed by atoms with van der Waals surface area (Å²) in [4.78, 5) is 12.2. The van der Waals surface area contributed by atoms with Gasteiger partial charge in [-0.05, 0) is 30.9 Å². The molecule has 2 atom stereocenters. The number of ketones is 1. The van der Waals surface area contributed by atoms with Crippen LogP contribution in [0.15, 0.2) is 24.3 Å². The first kappa shape index (κ1) is 14.2. The van der Waals surface area contributed by atoms with E-state index >= 15 is 0 Å². The molecule has 1 aromatic carbocycles. The zero-order chi connectivity index (χ0) is 13.7. The molecule has 0 aromatic heterocycles. The van der Waals surface area contributed by atoms with Gasteiger partial charge in [-0.25, -0.2) is 0 Å². The predicted molar refractivity (Wildman–Crippen MR) is 74.2 cm³/mol. The van der Waals surface area contributed by atoms with Crippen molar-refractivity contribution in [3.8, 4) is 0 Å². The number of Topliss-reactive ketones (excluding diaryl/α,β-unsaturated/α-hetero) is 1. The molecule has 0 saturated carbocycles. The molecule has 1 heterocycles. The molecule has 0 spiro atoms. The molecule has 2 rings (SSSR count). The first-order valence-corrected chi connectivity index (χ1v) is 7.10. The molecule has 0 aliphatic carbocycles. The van der Waals surface area contributed by atoms with Crippen LogP contribution >= 0.6 is 0 Å². The van der Waals surface area contributed by atoms with Gasteiger partial charge in [0.1, 0.15) is 6.10 Å². The van der Waals surface area contributed by atoms with Crippen LogP contribution in [-0.2, 0) is 20.7 Å². The Balaban J connectivity index is 2.06. The highest BCUT2D eigenvalue weighted by atomic mass is 16.5. The zero-order valence-electron chi connectivity index (χ0n) is 11.7. The molecule has 0 bridgehead atoms. The average molecular weight is 262 g/mol. The highest BCUT2D eigenvalue weighted by molar-refractivity contribution is 5.83. The molecular weight excluding hydrogens is 240 g/mol. The van der Waals surface area contributed by atoms with Crippen LogP contribution in [-0.4, -0.2) is 25.1 Å². The lowest BCUT2D eigenvalue weighted by atomic mass is 9.93. The standard InChI is InChI=1S/C16H22O3/c1-3-15(18-4-2)14(17)11-16-13-8-6-5-7-12(13)9-10-19-16/h5-8,15-16H,3-4,9-11H2,1-2H3. The fourth-order valence-corrected chi connectivity index (χ4v) is 2.60. The second kappa shape index (κ2) is 6.83. The minimum absolute atomic E-state index is 0.105. The molecule has 2 unspecified atom stereocenters. The Labute approximate surface area is 114 Å². The Morgan fingerprint density at radius 2 is 2.21 bits per heavy atom. The summed E-state index contributed by atoms with van der Waals surface area (Å²) in [7, 11) is 0. The van der Waals surface area contributed by atoms with Crippen LogP contribution in [0.5, 0.6) is 0 Å². The first-order chi connectivity index (χ1) is 9.26. The highest BCUT2D eigenvalue weighted by Crippen LogP contribution is 2.30. The van der Waals surface area contributed by atoms with Gasteiger partial charge in [-0.3, -0.25) is 4.79 Å². The quantitative estimate of drug-likeness (QED) is 0.790. The fraction of sp³-hybridized carbons (Fsp3) is 0.562. The third-order valence-corrected chi connectivity index (χ3v) is 3.58. The summed E-state index contributed by atoms with van der Waals surface area (Å²) >= 11 is 0. The lowest BCUT2D eigenvalue weighted by Gasteiger charge is -2.26. The Kier molecular flexibility index (Phi) is 5.11. The van der Waals surface area contributed by atoms with Gasteiger partial charge < -0.3 is 9.47 Å². The maximum Gasteiger partial charge on any atom is 0.164 e. The van der Waals surface area contributed by atoms with Crippen molar-refractivity contribution in [3.63, 3.8) is 0 Å². The van der Waals surface area contributed by atoms with E-state index in [0.717, 1.165) is 18.4 Å². The van der Waals surface area contributed by atoms with Gasteiger partial charge in [0.15, 0.2) is 5.78 Å². The smallest absolute Gasteiger partial charge is 0.164 e. The Morgan fingerprint density at radius 3 is 2.95 bits per heavy atom. The van der Waals surface area contributed by atoms with Gasteiger partial charge in [0.05, 0.1) is 12.7 Å². The van der Waals surface area contributed by atoms with E-state index < -0.39 is 0 Å². The van der Waals surface area contributed by atoms with Crippen molar-refractivity contribution < 1.29 is 14.3 Å². The average Bonchev–Trinajstić information content (AvgIpc) is 2.45. The van der Waals surface area contributed by atoms with Crippen molar-refractivity contribution in [2.75, 3.05) is 13.2 Å². The lowest BCUT2D eigenvalue weighted by Crippen LogP contribution is -2.27. The van der Waals surface area contributed by atoms with Crippen molar-refractivity contribution in [1.82, 2.24) is 0 Å². The van der Waals surface area contributed by atoms with Gasteiger partial charge in [-0.1, -0.05) is 31.2 Å². The van der Waals surface area contributed by atoms with E-state index in [4.69, 9.17) is 9.47 Å². The van der Waals surface area contributed by atoms with E-state index in [1.165, 1.54) is 5.56 Å². The predicted octanol–water partition coefficient (Wildman–Crippen LogP) is 3.07.